The summed E-state index contributed by atoms with van der Waals surface area (Å²) in [6.07, 6.45) is 2.29. The smallest absolute Gasteiger partial charge is 0.0472 e. The van der Waals surface area contributed by atoms with Crippen LogP contribution in [-0.2, 0) is 4.74 Å². The Bertz CT molecular complexity index is 427. The molecule has 0 aromatic heterocycles. The fraction of sp³-hybridized carbons (Fsp3) is 0.625. The number of aryl methyl sites for hydroxylation is 2. The van der Waals surface area contributed by atoms with Gasteiger partial charge in [0, 0.05) is 43.2 Å². The van der Waals surface area contributed by atoms with Gasteiger partial charge in [0.1, 0.15) is 0 Å². The number of benzene rings is 1. The van der Waals surface area contributed by atoms with E-state index in [0.29, 0.717) is 5.41 Å². The molecule has 0 aliphatic carbocycles. The first-order chi connectivity index (χ1) is 9.06. The number of halogens is 1. The Morgan fingerprint density at radius 1 is 1.26 bits per heavy atom. The standard InChI is InChI=1S/C16H24BrNO/c1-13-4-5-15(14(2)10-13)18(3)12-16(11-17)6-8-19-9-7-16/h4-5,10H,6-9,11-12H2,1-3H3. The summed E-state index contributed by atoms with van der Waals surface area (Å²) in [6, 6.07) is 6.70. The summed E-state index contributed by atoms with van der Waals surface area (Å²) in [5, 5.41) is 1.05. The zero-order valence-corrected chi connectivity index (χ0v) is 13.8. The van der Waals surface area contributed by atoms with E-state index in [2.05, 4.69) is 59.9 Å². The van der Waals surface area contributed by atoms with Crippen LogP contribution in [0.3, 0.4) is 0 Å². The maximum absolute atomic E-state index is 5.51. The minimum atomic E-state index is 0.352. The summed E-state index contributed by atoms with van der Waals surface area (Å²) in [5.74, 6) is 0. The van der Waals surface area contributed by atoms with Crippen LogP contribution < -0.4 is 4.90 Å². The maximum atomic E-state index is 5.51. The number of hydrogen-bond acceptors (Lipinski definition) is 2. The molecular formula is C16H24BrNO. The van der Waals surface area contributed by atoms with Crippen LogP contribution >= 0.6 is 15.9 Å². The Hall–Kier alpha value is -0.540. The van der Waals surface area contributed by atoms with Crippen molar-refractivity contribution in [3.8, 4) is 0 Å². The number of hydrogen-bond donors (Lipinski definition) is 0. The molecule has 0 atom stereocenters. The highest BCUT2D eigenvalue weighted by Gasteiger charge is 2.33. The van der Waals surface area contributed by atoms with Gasteiger partial charge in [-0.25, -0.2) is 0 Å². The molecule has 0 amide bonds. The first kappa shape index (κ1) is 14.9. The molecule has 1 fully saturated rings. The first-order valence-corrected chi connectivity index (χ1v) is 8.11. The van der Waals surface area contributed by atoms with Crippen molar-refractivity contribution >= 4 is 21.6 Å². The topological polar surface area (TPSA) is 12.5 Å². The molecule has 2 nitrogen and oxygen atoms in total. The number of anilines is 1. The van der Waals surface area contributed by atoms with E-state index >= 15 is 0 Å². The van der Waals surface area contributed by atoms with Crippen molar-refractivity contribution in [2.24, 2.45) is 5.41 Å². The fourth-order valence-corrected chi connectivity index (χ4v) is 3.70. The van der Waals surface area contributed by atoms with Crippen molar-refractivity contribution in [1.82, 2.24) is 0 Å². The molecule has 0 N–H and O–H groups in total. The van der Waals surface area contributed by atoms with Gasteiger partial charge in [-0.05, 0) is 38.3 Å². The van der Waals surface area contributed by atoms with Gasteiger partial charge in [-0.2, -0.15) is 0 Å². The van der Waals surface area contributed by atoms with E-state index in [1.165, 1.54) is 16.8 Å². The third kappa shape index (κ3) is 3.51. The van der Waals surface area contributed by atoms with Gasteiger partial charge in [-0.3, -0.25) is 0 Å². The van der Waals surface area contributed by atoms with Gasteiger partial charge in [0.15, 0.2) is 0 Å². The van der Waals surface area contributed by atoms with Crippen LogP contribution in [0.5, 0.6) is 0 Å². The summed E-state index contributed by atoms with van der Waals surface area (Å²) < 4.78 is 5.51. The Balaban J connectivity index is 2.12. The molecule has 2 rings (SSSR count). The van der Waals surface area contributed by atoms with Gasteiger partial charge in [0.2, 0.25) is 0 Å². The molecule has 1 heterocycles. The largest absolute Gasteiger partial charge is 0.381 e. The lowest BCUT2D eigenvalue weighted by Gasteiger charge is -2.39. The normalized spacial score (nSPS) is 18.3. The van der Waals surface area contributed by atoms with E-state index in [1.807, 2.05) is 0 Å². The average Bonchev–Trinajstić information content (AvgIpc) is 2.39. The number of rotatable bonds is 4. The molecule has 19 heavy (non-hydrogen) atoms. The molecule has 106 valence electrons. The van der Waals surface area contributed by atoms with Gasteiger partial charge < -0.3 is 9.64 Å². The van der Waals surface area contributed by atoms with E-state index in [1.54, 1.807) is 0 Å². The van der Waals surface area contributed by atoms with Crippen LogP contribution in [-0.4, -0.2) is 32.1 Å². The van der Waals surface area contributed by atoms with Crippen LogP contribution in [0.1, 0.15) is 24.0 Å². The van der Waals surface area contributed by atoms with Gasteiger partial charge in [0.25, 0.3) is 0 Å². The molecule has 1 saturated heterocycles. The van der Waals surface area contributed by atoms with Crippen LogP contribution in [0, 0.1) is 19.3 Å². The van der Waals surface area contributed by atoms with E-state index < -0.39 is 0 Å². The summed E-state index contributed by atoms with van der Waals surface area (Å²) in [7, 11) is 2.21. The molecule has 0 bridgehead atoms. The van der Waals surface area contributed by atoms with Crippen molar-refractivity contribution < 1.29 is 4.74 Å². The summed E-state index contributed by atoms with van der Waals surface area (Å²) >= 11 is 3.72. The first-order valence-electron chi connectivity index (χ1n) is 6.98. The molecule has 1 aliphatic heterocycles. The van der Waals surface area contributed by atoms with Crippen molar-refractivity contribution in [3.05, 3.63) is 29.3 Å². The number of nitrogens with zero attached hydrogens (tertiary/aromatic N) is 1. The molecular weight excluding hydrogens is 302 g/mol. The lowest BCUT2D eigenvalue weighted by Crippen LogP contribution is -2.41. The molecule has 0 saturated carbocycles. The van der Waals surface area contributed by atoms with Gasteiger partial charge in [-0.15, -0.1) is 0 Å². The Morgan fingerprint density at radius 2 is 1.95 bits per heavy atom. The lowest BCUT2D eigenvalue weighted by atomic mass is 9.81. The zero-order chi connectivity index (χ0) is 13.9. The molecule has 3 heteroatoms. The van der Waals surface area contributed by atoms with Crippen LogP contribution in [0.25, 0.3) is 0 Å². The fourth-order valence-electron chi connectivity index (χ4n) is 2.96. The van der Waals surface area contributed by atoms with Crippen molar-refractivity contribution in [2.75, 3.05) is 37.0 Å². The molecule has 0 unspecified atom stereocenters. The van der Waals surface area contributed by atoms with Gasteiger partial charge >= 0.3 is 0 Å². The third-order valence-corrected chi connectivity index (χ3v) is 5.36. The predicted octanol–water partition coefficient (Wildman–Crippen LogP) is 3.93. The van der Waals surface area contributed by atoms with Crippen molar-refractivity contribution in [3.63, 3.8) is 0 Å². The van der Waals surface area contributed by atoms with Gasteiger partial charge in [0.05, 0.1) is 0 Å². The number of ether oxygens (including phenoxy) is 1. The second kappa shape index (κ2) is 6.27. The van der Waals surface area contributed by atoms with Gasteiger partial charge in [-0.1, -0.05) is 33.6 Å². The number of alkyl halides is 1. The molecule has 0 spiro atoms. The van der Waals surface area contributed by atoms with E-state index in [9.17, 15) is 0 Å². The summed E-state index contributed by atoms with van der Waals surface area (Å²) in [4.78, 5) is 2.40. The summed E-state index contributed by atoms with van der Waals surface area (Å²) in [5.41, 5.74) is 4.39. The predicted molar refractivity (Wildman–Crippen MR) is 85.5 cm³/mol. The Labute approximate surface area is 125 Å². The Kier molecular flexibility index (Phi) is 4.91. The maximum Gasteiger partial charge on any atom is 0.0472 e. The van der Waals surface area contributed by atoms with E-state index in [4.69, 9.17) is 4.74 Å². The Morgan fingerprint density at radius 3 is 2.53 bits per heavy atom. The van der Waals surface area contributed by atoms with Crippen LogP contribution in [0.2, 0.25) is 0 Å². The average molecular weight is 326 g/mol. The molecule has 1 aromatic rings. The second-order valence-corrected chi connectivity index (χ2v) is 6.45. The molecule has 0 radical (unpaired) electrons. The van der Waals surface area contributed by atoms with E-state index in [0.717, 1.165) is 37.9 Å². The van der Waals surface area contributed by atoms with Crippen molar-refractivity contribution in [1.29, 1.82) is 0 Å². The third-order valence-electron chi connectivity index (χ3n) is 4.17. The zero-order valence-electron chi connectivity index (χ0n) is 12.2. The minimum Gasteiger partial charge on any atom is -0.381 e. The van der Waals surface area contributed by atoms with Crippen molar-refractivity contribution in [2.45, 2.75) is 26.7 Å². The highest BCUT2D eigenvalue weighted by Crippen LogP contribution is 2.35. The highest BCUT2D eigenvalue weighted by molar-refractivity contribution is 9.09. The second-order valence-electron chi connectivity index (χ2n) is 5.89. The molecule has 1 aliphatic rings. The highest BCUT2D eigenvalue weighted by atomic mass is 79.9. The van der Waals surface area contributed by atoms with E-state index in [-0.39, 0.29) is 0 Å². The van der Waals surface area contributed by atoms with Crippen LogP contribution in [0.15, 0.2) is 18.2 Å². The van der Waals surface area contributed by atoms with Crippen LogP contribution in [0.4, 0.5) is 5.69 Å². The lowest BCUT2D eigenvalue weighted by molar-refractivity contribution is 0.0304. The minimum absolute atomic E-state index is 0.352. The molecule has 1 aromatic carbocycles. The summed E-state index contributed by atoms with van der Waals surface area (Å²) in [6.45, 7) is 7.23. The SMILES string of the molecule is Cc1ccc(N(C)CC2(CBr)CCOCC2)c(C)c1. The monoisotopic (exact) mass is 325 g/mol. The quantitative estimate of drug-likeness (QED) is 0.778.